The number of alkyl halides is 1. The van der Waals surface area contributed by atoms with Crippen LogP contribution >= 0.6 is 0 Å². The van der Waals surface area contributed by atoms with Crippen LogP contribution in [0.3, 0.4) is 0 Å². The smallest absolute Gasteiger partial charge is 0.254 e. The summed E-state index contributed by atoms with van der Waals surface area (Å²) >= 11 is 0. The number of nitrogens with two attached hydrogens (primary N) is 1. The van der Waals surface area contributed by atoms with Crippen molar-refractivity contribution in [2.24, 2.45) is 0 Å². The van der Waals surface area contributed by atoms with Crippen molar-refractivity contribution in [3.8, 4) is 5.75 Å². The maximum Gasteiger partial charge on any atom is 0.254 e. The third kappa shape index (κ3) is 2.25. The molecule has 0 saturated carbocycles. The molecule has 1 amide bonds. The first-order valence-electron chi connectivity index (χ1n) is 5.90. The van der Waals surface area contributed by atoms with Gasteiger partial charge in [-0.15, -0.1) is 0 Å². The van der Waals surface area contributed by atoms with E-state index in [0.29, 0.717) is 30.0 Å². The van der Waals surface area contributed by atoms with Gasteiger partial charge in [0.25, 0.3) is 5.91 Å². The number of hydrogen-bond acceptors (Lipinski definition) is 3. The molecule has 1 atom stereocenters. The van der Waals surface area contributed by atoms with E-state index in [1.54, 1.807) is 12.1 Å². The number of aryl methyl sites for hydroxylation is 1. The Hall–Kier alpha value is -1.78. The van der Waals surface area contributed by atoms with E-state index < -0.39 is 6.17 Å². The number of methoxy groups -OCH3 is 1. The first-order valence-corrected chi connectivity index (χ1v) is 5.90. The van der Waals surface area contributed by atoms with Gasteiger partial charge in [0.1, 0.15) is 11.9 Å². The van der Waals surface area contributed by atoms with Crippen molar-refractivity contribution < 1.29 is 13.9 Å². The van der Waals surface area contributed by atoms with Crippen LogP contribution in [-0.4, -0.2) is 37.2 Å². The summed E-state index contributed by atoms with van der Waals surface area (Å²) in [6, 6.07) is 3.33. The summed E-state index contributed by atoms with van der Waals surface area (Å²) in [7, 11) is 1.50. The van der Waals surface area contributed by atoms with Gasteiger partial charge in [-0.2, -0.15) is 0 Å². The van der Waals surface area contributed by atoms with Gasteiger partial charge in [-0.05, 0) is 31.0 Å². The molecule has 1 aromatic carbocycles. The number of nitrogens with zero attached hydrogens (tertiary/aromatic N) is 1. The van der Waals surface area contributed by atoms with Gasteiger partial charge in [0.15, 0.2) is 0 Å². The van der Waals surface area contributed by atoms with Gasteiger partial charge in [-0.1, -0.05) is 0 Å². The van der Waals surface area contributed by atoms with Crippen molar-refractivity contribution >= 4 is 11.6 Å². The lowest BCUT2D eigenvalue weighted by atomic mass is 10.1. The highest BCUT2D eigenvalue weighted by Crippen LogP contribution is 2.27. The number of carbonyl (C=O) groups excluding carboxylic acids is 1. The van der Waals surface area contributed by atoms with E-state index >= 15 is 0 Å². The molecule has 4 nitrogen and oxygen atoms in total. The number of halogens is 1. The zero-order chi connectivity index (χ0) is 13.3. The Morgan fingerprint density at radius 1 is 1.56 bits per heavy atom. The molecule has 0 aromatic heterocycles. The molecule has 5 heteroatoms. The van der Waals surface area contributed by atoms with Crippen molar-refractivity contribution in [3.05, 3.63) is 23.3 Å². The highest BCUT2D eigenvalue weighted by Gasteiger charge is 2.27. The van der Waals surface area contributed by atoms with E-state index in [4.69, 9.17) is 10.5 Å². The number of hydrogen-bond donors (Lipinski definition) is 1. The molecule has 0 aliphatic carbocycles. The van der Waals surface area contributed by atoms with Crippen LogP contribution in [0.25, 0.3) is 0 Å². The maximum absolute atomic E-state index is 13.1. The largest absolute Gasteiger partial charge is 0.495 e. The van der Waals surface area contributed by atoms with Crippen molar-refractivity contribution in [3.63, 3.8) is 0 Å². The molecule has 1 heterocycles. The summed E-state index contributed by atoms with van der Waals surface area (Å²) in [4.78, 5) is 13.8. The Labute approximate surface area is 106 Å². The lowest BCUT2D eigenvalue weighted by molar-refractivity contribution is 0.0782. The van der Waals surface area contributed by atoms with E-state index in [0.717, 1.165) is 5.56 Å². The molecule has 0 radical (unpaired) electrons. The van der Waals surface area contributed by atoms with Crippen LogP contribution in [0, 0.1) is 6.92 Å². The molecule has 1 aromatic rings. The van der Waals surface area contributed by atoms with Gasteiger partial charge in [0.05, 0.1) is 19.3 Å². The molecule has 18 heavy (non-hydrogen) atoms. The summed E-state index contributed by atoms with van der Waals surface area (Å²) in [5.74, 6) is 0.311. The SMILES string of the molecule is COc1cc(C(=O)N2CC[C@H](F)C2)c(C)cc1N. The zero-order valence-electron chi connectivity index (χ0n) is 10.6. The van der Waals surface area contributed by atoms with E-state index in [2.05, 4.69) is 0 Å². The van der Waals surface area contributed by atoms with Gasteiger partial charge in [0, 0.05) is 12.1 Å². The lowest BCUT2D eigenvalue weighted by Crippen LogP contribution is -2.29. The minimum absolute atomic E-state index is 0.161. The summed E-state index contributed by atoms with van der Waals surface area (Å²) in [5.41, 5.74) is 7.56. The summed E-state index contributed by atoms with van der Waals surface area (Å²) in [6.07, 6.45) is -0.499. The molecule has 1 aliphatic rings. The number of benzene rings is 1. The molecule has 1 aliphatic heterocycles. The summed E-state index contributed by atoms with van der Waals surface area (Å²) in [5, 5.41) is 0. The van der Waals surface area contributed by atoms with E-state index in [1.807, 2.05) is 6.92 Å². The Kier molecular flexibility index (Phi) is 3.41. The minimum atomic E-state index is -0.912. The average molecular weight is 252 g/mol. The third-order valence-corrected chi connectivity index (χ3v) is 3.23. The summed E-state index contributed by atoms with van der Waals surface area (Å²) < 4.78 is 18.2. The predicted octanol–water partition coefficient (Wildman–Crippen LogP) is 1.77. The standard InChI is InChI=1S/C13H17FN2O2/c1-8-5-11(15)12(18-2)6-10(8)13(17)16-4-3-9(14)7-16/h5-6,9H,3-4,7,15H2,1-2H3/t9-/m0/s1. The van der Waals surface area contributed by atoms with Crippen molar-refractivity contribution in [2.75, 3.05) is 25.9 Å². The molecular weight excluding hydrogens is 235 g/mol. The Balaban J connectivity index is 2.30. The van der Waals surface area contributed by atoms with Crippen LogP contribution in [0.2, 0.25) is 0 Å². The molecule has 1 fully saturated rings. The molecule has 2 rings (SSSR count). The second-order valence-corrected chi connectivity index (χ2v) is 4.55. The molecule has 0 bridgehead atoms. The number of nitrogen functional groups attached to an aromatic ring is 1. The third-order valence-electron chi connectivity index (χ3n) is 3.23. The first-order chi connectivity index (χ1) is 8.52. The minimum Gasteiger partial charge on any atom is -0.495 e. The van der Waals surface area contributed by atoms with E-state index in [9.17, 15) is 9.18 Å². The predicted molar refractivity (Wildman–Crippen MR) is 67.6 cm³/mol. The number of amides is 1. The highest BCUT2D eigenvalue weighted by molar-refractivity contribution is 5.97. The fourth-order valence-corrected chi connectivity index (χ4v) is 2.19. The number of carbonyl (C=O) groups is 1. The number of likely N-dealkylation sites (tertiary alicyclic amines) is 1. The molecule has 0 spiro atoms. The molecular formula is C13H17FN2O2. The van der Waals surface area contributed by atoms with Crippen LogP contribution in [0.1, 0.15) is 22.3 Å². The van der Waals surface area contributed by atoms with Crippen LogP contribution in [0.5, 0.6) is 5.75 Å². The van der Waals surface area contributed by atoms with E-state index in [-0.39, 0.29) is 12.5 Å². The maximum atomic E-state index is 13.1. The Morgan fingerprint density at radius 2 is 2.28 bits per heavy atom. The zero-order valence-corrected chi connectivity index (χ0v) is 10.6. The van der Waals surface area contributed by atoms with Gasteiger partial charge < -0.3 is 15.4 Å². The van der Waals surface area contributed by atoms with Gasteiger partial charge in [-0.3, -0.25) is 4.79 Å². The van der Waals surface area contributed by atoms with E-state index in [1.165, 1.54) is 12.0 Å². The number of anilines is 1. The number of ether oxygens (including phenoxy) is 1. The van der Waals surface area contributed by atoms with Gasteiger partial charge in [0.2, 0.25) is 0 Å². The van der Waals surface area contributed by atoms with Crippen molar-refractivity contribution in [1.82, 2.24) is 4.90 Å². The molecule has 0 unspecified atom stereocenters. The monoisotopic (exact) mass is 252 g/mol. The lowest BCUT2D eigenvalue weighted by Gasteiger charge is -2.18. The van der Waals surface area contributed by atoms with Crippen LogP contribution in [0.4, 0.5) is 10.1 Å². The second-order valence-electron chi connectivity index (χ2n) is 4.55. The van der Waals surface area contributed by atoms with Crippen molar-refractivity contribution in [1.29, 1.82) is 0 Å². The Morgan fingerprint density at radius 3 is 2.83 bits per heavy atom. The average Bonchev–Trinajstić information content (AvgIpc) is 2.75. The molecule has 2 N–H and O–H groups in total. The topological polar surface area (TPSA) is 55.6 Å². The Bertz CT molecular complexity index is 476. The van der Waals surface area contributed by atoms with Gasteiger partial charge >= 0.3 is 0 Å². The molecule has 1 saturated heterocycles. The molecule has 98 valence electrons. The van der Waals surface area contributed by atoms with Crippen LogP contribution < -0.4 is 10.5 Å². The van der Waals surface area contributed by atoms with Crippen LogP contribution in [0.15, 0.2) is 12.1 Å². The second kappa shape index (κ2) is 4.84. The number of rotatable bonds is 2. The van der Waals surface area contributed by atoms with Crippen molar-refractivity contribution in [2.45, 2.75) is 19.5 Å². The quantitative estimate of drug-likeness (QED) is 0.816. The van der Waals surface area contributed by atoms with Crippen LogP contribution in [-0.2, 0) is 0 Å². The highest BCUT2D eigenvalue weighted by atomic mass is 19.1. The normalized spacial score (nSPS) is 19.1. The fraction of sp³-hybridized carbons (Fsp3) is 0.462. The summed E-state index contributed by atoms with van der Waals surface area (Å²) in [6.45, 7) is 2.45. The fourth-order valence-electron chi connectivity index (χ4n) is 2.19. The first kappa shape index (κ1) is 12.7. The van der Waals surface area contributed by atoms with Gasteiger partial charge in [-0.25, -0.2) is 4.39 Å².